The third-order valence-corrected chi connectivity index (χ3v) is 3.71. The van der Waals surface area contributed by atoms with Gasteiger partial charge < -0.3 is 11.1 Å². The largest absolute Gasteiger partial charge is 0.416 e. The average Bonchev–Trinajstić information content (AvgIpc) is 3.26. The lowest BCUT2D eigenvalue weighted by atomic mass is 10.0. The zero-order valence-corrected chi connectivity index (χ0v) is 11.8. The van der Waals surface area contributed by atoms with Crippen molar-refractivity contribution < 1.29 is 18.0 Å². The van der Waals surface area contributed by atoms with Crippen LogP contribution in [0.25, 0.3) is 0 Å². The average molecular weight is 322 g/mol. The Morgan fingerprint density at radius 3 is 2.61 bits per heavy atom. The van der Waals surface area contributed by atoms with Gasteiger partial charge >= 0.3 is 6.18 Å². The molecule has 1 fully saturated rings. The van der Waals surface area contributed by atoms with Crippen molar-refractivity contribution >= 4 is 11.7 Å². The fourth-order valence-electron chi connectivity index (χ4n) is 2.54. The quantitative estimate of drug-likeness (QED) is 0.909. The summed E-state index contributed by atoms with van der Waals surface area (Å²) in [6.07, 6.45) is -1.29. The highest BCUT2D eigenvalue weighted by Gasteiger charge is 2.45. The van der Waals surface area contributed by atoms with Crippen LogP contribution in [0, 0.1) is 0 Å². The summed E-state index contributed by atoms with van der Waals surface area (Å²) in [5.41, 5.74) is 5.06. The van der Waals surface area contributed by atoms with Gasteiger partial charge in [-0.2, -0.15) is 13.2 Å². The first kappa shape index (κ1) is 15.3. The summed E-state index contributed by atoms with van der Waals surface area (Å²) in [5, 5.41) is 2.65. The minimum atomic E-state index is -4.41. The Kier molecular flexibility index (Phi) is 3.67. The molecule has 1 aliphatic rings. The van der Waals surface area contributed by atoms with Crippen LogP contribution in [0.2, 0.25) is 0 Å². The second-order valence-corrected chi connectivity index (χ2v) is 5.30. The highest BCUT2D eigenvalue weighted by molar-refractivity contribution is 5.96. The molecular formula is C15H13F3N4O. The molecule has 3 rings (SSSR count). The highest BCUT2D eigenvalue weighted by Crippen LogP contribution is 2.46. The van der Waals surface area contributed by atoms with Crippen molar-refractivity contribution in [3.63, 3.8) is 0 Å². The van der Waals surface area contributed by atoms with E-state index in [0.29, 0.717) is 6.42 Å². The van der Waals surface area contributed by atoms with Gasteiger partial charge in [0.2, 0.25) is 0 Å². The molecule has 0 bridgehead atoms. The van der Waals surface area contributed by atoms with Crippen molar-refractivity contribution in [3.8, 4) is 0 Å². The van der Waals surface area contributed by atoms with E-state index < -0.39 is 17.6 Å². The van der Waals surface area contributed by atoms with Crippen LogP contribution in [-0.2, 0) is 6.18 Å². The Bertz CT molecular complexity index is 747. The predicted molar refractivity (Wildman–Crippen MR) is 76.5 cm³/mol. The van der Waals surface area contributed by atoms with Crippen LogP contribution in [0.5, 0.6) is 0 Å². The SMILES string of the molecule is Nc1nccnc1C(=O)N[C@H]1C[C@H]1c1ccccc1C(F)(F)F. The standard InChI is InChI=1S/C15H13F3N4O/c16-15(17,18)10-4-2-1-3-8(10)9-7-11(9)22-14(23)12-13(19)21-6-5-20-12/h1-6,9,11H,7H2,(H2,19,21)(H,22,23)/t9-,11-/m0/s1. The number of halogens is 3. The summed E-state index contributed by atoms with van der Waals surface area (Å²) in [6, 6.07) is 5.03. The van der Waals surface area contributed by atoms with E-state index in [-0.39, 0.29) is 29.0 Å². The Morgan fingerprint density at radius 2 is 1.91 bits per heavy atom. The maximum Gasteiger partial charge on any atom is 0.416 e. The monoisotopic (exact) mass is 322 g/mol. The zero-order valence-electron chi connectivity index (χ0n) is 11.8. The number of alkyl halides is 3. The fourth-order valence-corrected chi connectivity index (χ4v) is 2.54. The minimum absolute atomic E-state index is 0.0158. The molecule has 5 nitrogen and oxygen atoms in total. The van der Waals surface area contributed by atoms with Crippen LogP contribution in [0.3, 0.4) is 0 Å². The first-order valence-electron chi connectivity index (χ1n) is 6.91. The molecule has 8 heteroatoms. The summed E-state index contributed by atoms with van der Waals surface area (Å²) in [4.78, 5) is 19.7. The lowest BCUT2D eigenvalue weighted by Crippen LogP contribution is -2.28. The summed E-state index contributed by atoms with van der Waals surface area (Å²) in [7, 11) is 0. The number of hydrogen-bond acceptors (Lipinski definition) is 4. The number of amides is 1. The number of carbonyl (C=O) groups is 1. The molecule has 1 heterocycles. The number of nitrogens with one attached hydrogen (secondary N) is 1. The topological polar surface area (TPSA) is 80.9 Å². The van der Waals surface area contributed by atoms with Gasteiger partial charge in [0.1, 0.15) is 0 Å². The maximum absolute atomic E-state index is 13.0. The number of hydrogen-bond donors (Lipinski definition) is 2. The van der Waals surface area contributed by atoms with Gasteiger partial charge in [0.15, 0.2) is 11.5 Å². The molecule has 23 heavy (non-hydrogen) atoms. The van der Waals surface area contributed by atoms with Crippen LogP contribution < -0.4 is 11.1 Å². The van der Waals surface area contributed by atoms with E-state index in [2.05, 4.69) is 15.3 Å². The highest BCUT2D eigenvalue weighted by atomic mass is 19.4. The molecule has 1 saturated carbocycles. The lowest BCUT2D eigenvalue weighted by molar-refractivity contribution is -0.138. The van der Waals surface area contributed by atoms with Crippen LogP contribution >= 0.6 is 0 Å². The molecule has 0 aliphatic heterocycles. The minimum Gasteiger partial charge on any atom is -0.382 e. The summed E-state index contributed by atoms with van der Waals surface area (Å²) < 4.78 is 39.1. The van der Waals surface area contributed by atoms with Gasteiger partial charge in [-0.3, -0.25) is 4.79 Å². The molecular weight excluding hydrogens is 309 g/mol. The summed E-state index contributed by atoms with van der Waals surface area (Å²) in [6.45, 7) is 0. The smallest absolute Gasteiger partial charge is 0.382 e. The molecule has 0 unspecified atom stereocenters. The van der Waals surface area contributed by atoms with Gasteiger partial charge in [-0.25, -0.2) is 9.97 Å². The van der Waals surface area contributed by atoms with Crippen LogP contribution in [0.1, 0.15) is 34.0 Å². The van der Waals surface area contributed by atoms with Crippen molar-refractivity contribution in [3.05, 3.63) is 53.5 Å². The van der Waals surface area contributed by atoms with Gasteiger partial charge in [-0.1, -0.05) is 18.2 Å². The Morgan fingerprint density at radius 1 is 1.22 bits per heavy atom. The van der Waals surface area contributed by atoms with E-state index in [1.807, 2.05) is 0 Å². The number of nitrogen functional groups attached to an aromatic ring is 1. The van der Waals surface area contributed by atoms with E-state index in [4.69, 9.17) is 5.73 Å². The van der Waals surface area contributed by atoms with Crippen molar-refractivity contribution in [1.82, 2.24) is 15.3 Å². The zero-order chi connectivity index (χ0) is 16.6. The first-order chi connectivity index (χ1) is 10.9. The third kappa shape index (κ3) is 3.10. The van der Waals surface area contributed by atoms with Crippen molar-refractivity contribution in [2.24, 2.45) is 0 Å². The van der Waals surface area contributed by atoms with E-state index in [9.17, 15) is 18.0 Å². The second kappa shape index (κ2) is 5.53. The Hall–Kier alpha value is -2.64. The number of nitrogens with two attached hydrogens (primary N) is 1. The molecule has 0 radical (unpaired) electrons. The van der Waals surface area contributed by atoms with Crippen LogP contribution in [-0.4, -0.2) is 21.9 Å². The molecule has 1 aromatic heterocycles. The molecule has 0 spiro atoms. The number of anilines is 1. The number of aromatic nitrogens is 2. The van der Waals surface area contributed by atoms with Gasteiger partial charge in [0, 0.05) is 24.4 Å². The molecule has 1 amide bonds. The number of rotatable bonds is 3. The van der Waals surface area contributed by atoms with Crippen molar-refractivity contribution in [2.75, 3.05) is 5.73 Å². The van der Waals surface area contributed by atoms with Crippen molar-refractivity contribution in [2.45, 2.75) is 24.6 Å². The predicted octanol–water partition coefficient (Wildman–Crippen LogP) is 2.36. The van der Waals surface area contributed by atoms with E-state index in [0.717, 1.165) is 6.07 Å². The van der Waals surface area contributed by atoms with E-state index in [1.165, 1.54) is 24.5 Å². The molecule has 1 aliphatic carbocycles. The summed E-state index contributed by atoms with van der Waals surface area (Å²) in [5.74, 6) is -0.917. The van der Waals surface area contributed by atoms with E-state index >= 15 is 0 Å². The first-order valence-corrected chi connectivity index (χ1v) is 6.91. The fraction of sp³-hybridized carbons (Fsp3) is 0.267. The van der Waals surface area contributed by atoms with Crippen molar-refractivity contribution in [1.29, 1.82) is 0 Å². The number of benzene rings is 1. The lowest BCUT2D eigenvalue weighted by Gasteiger charge is -2.12. The van der Waals surface area contributed by atoms with Gasteiger partial charge in [-0.05, 0) is 18.1 Å². The van der Waals surface area contributed by atoms with Gasteiger partial charge in [-0.15, -0.1) is 0 Å². The number of carbonyl (C=O) groups excluding carboxylic acids is 1. The van der Waals surface area contributed by atoms with Gasteiger partial charge in [0.05, 0.1) is 5.56 Å². The van der Waals surface area contributed by atoms with Gasteiger partial charge in [0.25, 0.3) is 5.91 Å². The maximum atomic E-state index is 13.0. The Labute approximate surface area is 129 Å². The third-order valence-electron chi connectivity index (χ3n) is 3.71. The second-order valence-electron chi connectivity index (χ2n) is 5.30. The molecule has 3 N–H and O–H groups in total. The molecule has 120 valence electrons. The summed E-state index contributed by atoms with van der Waals surface area (Å²) >= 11 is 0. The van der Waals surface area contributed by atoms with Crippen LogP contribution in [0.15, 0.2) is 36.7 Å². The van der Waals surface area contributed by atoms with Crippen LogP contribution in [0.4, 0.5) is 19.0 Å². The Balaban J connectivity index is 1.74. The molecule has 0 saturated heterocycles. The normalized spacial score (nSPS) is 20.1. The van der Waals surface area contributed by atoms with E-state index in [1.54, 1.807) is 6.07 Å². The molecule has 2 aromatic rings. The molecule has 1 aromatic carbocycles. The number of nitrogens with zero attached hydrogens (tertiary/aromatic N) is 2. The molecule has 2 atom stereocenters.